The van der Waals surface area contributed by atoms with Crippen molar-refractivity contribution in [2.24, 2.45) is 0 Å². The minimum Gasteiger partial charge on any atom is -0.462 e. The van der Waals surface area contributed by atoms with Crippen LogP contribution in [0, 0.1) is 0 Å². The minimum atomic E-state index is -0.572. The Morgan fingerprint density at radius 3 is 1.28 bits per heavy atom. The third-order valence-corrected chi connectivity index (χ3v) is 10.2. The first-order valence-corrected chi connectivity index (χ1v) is 24.5. The van der Waals surface area contributed by atoms with Gasteiger partial charge in [0.25, 0.3) is 0 Å². The van der Waals surface area contributed by atoms with Gasteiger partial charge in [-0.3, -0.25) is 9.59 Å². The van der Waals surface area contributed by atoms with Gasteiger partial charge in [-0.05, 0) is 103 Å². The predicted molar refractivity (Wildman–Crippen MR) is 251 cm³/mol. The highest BCUT2D eigenvalue weighted by molar-refractivity contribution is 5.70. The summed E-state index contributed by atoms with van der Waals surface area (Å²) in [7, 11) is 0. The lowest BCUT2D eigenvalue weighted by Crippen LogP contribution is -2.30. The van der Waals surface area contributed by atoms with Crippen molar-refractivity contribution in [3.63, 3.8) is 0 Å². The number of carbonyl (C=O) groups excluding carboxylic acids is 2. The summed E-state index contributed by atoms with van der Waals surface area (Å²) in [4.78, 5) is 25.3. The molecule has 334 valence electrons. The second kappa shape index (κ2) is 48.7. The van der Waals surface area contributed by atoms with Crippen molar-refractivity contribution in [2.75, 3.05) is 19.8 Å². The van der Waals surface area contributed by atoms with Crippen molar-refractivity contribution in [3.05, 3.63) is 72.9 Å². The topological polar surface area (TPSA) is 61.8 Å². The Morgan fingerprint density at radius 2 is 0.776 bits per heavy atom. The Kier molecular flexibility index (Phi) is 46.5. The highest BCUT2D eigenvalue weighted by Crippen LogP contribution is 2.13. The fraction of sp³-hybridized carbons (Fsp3) is 0.736. The molecule has 0 rings (SSSR count). The van der Waals surface area contributed by atoms with Crippen molar-refractivity contribution in [3.8, 4) is 0 Å². The first-order chi connectivity index (χ1) is 28.6. The molecule has 0 aliphatic rings. The number of esters is 2. The Hall–Kier alpha value is -2.66. The Labute approximate surface area is 359 Å². The van der Waals surface area contributed by atoms with Gasteiger partial charge in [-0.25, -0.2) is 0 Å². The molecule has 5 heteroatoms. The van der Waals surface area contributed by atoms with E-state index in [1.54, 1.807) is 0 Å². The van der Waals surface area contributed by atoms with Gasteiger partial charge in [-0.1, -0.05) is 184 Å². The molecule has 1 atom stereocenters. The van der Waals surface area contributed by atoms with Crippen LogP contribution < -0.4 is 0 Å². The molecule has 0 aliphatic carbocycles. The van der Waals surface area contributed by atoms with E-state index in [9.17, 15) is 9.59 Å². The molecule has 0 saturated heterocycles. The molecule has 58 heavy (non-hydrogen) atoms. The van der Waals surface area contributed by atoms with Crippen LogP contribution in [0.5, 0.6) is 0 Å². The third-order valence-electron chi connectivity index (χ3n) is 10.2. The maximum absolute atomic E-state index is 12.7. The van der Waals surface area contributed by atoms with E-state index in [4.69, 9.17) is 14.2 Å². The van der Waals surface area contributed by atoms with Gasteiger partial charge in [0.1, 0.15) is 6.61 Å². The Bertz CT molecular complexity index is 1050. The summed E-state index contributed by atoms with van der Waals surface area (Å²) in [5.41, 5.74) is 0. The minimum absolute atomic E-state index is 0.0542. The van der Waals surface area contributed by atoms with E-state index >= 15 is 0 Å². The number of unbranched alkanes of at least 4 members (excludes halogenated alkanes) is 21. The van der Waals surface area contributed by atoms with Gasteiger partial charge in [0, 0.05) is 19.4 Å². The van der Waals surface area contributed by atoms with Crippen molar-refractivity contribution < 1.29 is 23.8 Å². The molecule has 0 aliphatic heterocycles. The lowest BCUT2D eigenvalue weighted by Gasteiger charge is -2.18. The van der Waals surface area contributed by atoms with Crippen molar-refractivity contribution in [2.45, 2.75) is 232 Å². The number of ether oxygens (including phenoxy) is 3. The zero-order valence-corrected chi connectivity index (χ0v) is 38.3. The first kappa shape index (κ1) is 55.3. The van der Waals surface area contributed by atoms with Crippen molar-refractivity contribution >= 4 is 11.9 Å². The van der Waals surface area contributed by atoms with Crippen LogP contribution in [-0.4, -0.2) is 37.9 Å². The van der Waals surface area contributed by atoms with Crippen LogP contribution in [0.3, 0.4) is 0 Å². The van der Waals surface area contributed by atoms with Crippen LogP contribution in [0.2, 0.25) is 0 Å². The van der Waals surface area contributed by atoms with Crippen LogP contribution >= 0.6 is 0 Å². The number of carbonyl (C=O) groups is 2. The number of hydrogen-bond donors (Lipinski definition) is 0. The number of allylic oxidation sites excluding steroid dienone is 12. The van der Waals surface area contributed by atoms with Crippen LogP contribution in [0.4, 0.5) is 0 Å². The fourth-order valence-corrected chi connectivity index (χ4v) is 6.56. The summed E-state index contributed by atoms with van der Waals surface area (Å²) in [6.45, 7) is 7.54. The summed E-state index contributed by atoms with van der Waals surface area (Å²) >= 11 is 0. The van der Waals surface area contributed by atoms with E-state index < -0.39 is 6.10 Å². The van der Waals surface area contributed by atoms with Gasteiger partial charge in [0.15, 0.2) is 6.10 Å². The second-order valence-corrected chi connectivity index (χ2v) is 16.0. The molecule has 0 saturated carbocycles. The second-order valence-electron chi connectivity index (χ2n) is 16.0. The highest BCUT2D eigenvalue weighted by Gasteiger charge is 2.17. The quantitative estimate of drug-likeness (QED) is 0.0348. The summed E-state index contributed by atoms with van der Waals surface area (Å²) in [5.74, 6) is -0.447. The smallest absolute Gasteiger partial charge is 0.306 e. The molecular formula is C53H92O5. The van der Waals surface area contributed by atoms with E-state index in [0.29, 0.717) is 19.4 Å². The van der Waals surface area contributed by atoms with E-state index in [1.165, 1.54) is 103 Å². The molecule has 0 aromatic heterocycles. The molecule has 0 aromatic rings. The zero-order valence-electron chi connectivity index (χ0n) is 38.3. The zero-order chi connectivity index (χ0) is 42.1. The summed E-state index contributed by atoms with van der Waals surface area (Å²) in [5, 5.41) is 0. The maximum Gasteiger partial charge on any atom is 0.306 e. The molecular weight excluding hydrogens is 717 g/mol. The maximum atomic E-state index is 12.7. The lowest BCUT2D eigenvalue weighted by molar-refractivity contribution is -0.163. The summed E-state index contributed by atoms with van der Waals surface area (Å²) in [6.07, 6.45) is 62.0. The van der Waals surface area contributed by atoms with Gasteiger partial charge in [0.05, 0.1) is 6.61 Å². The van der Waals surface area contributed by atoms with Gasteiger partial charge in [-0.2, -0.15) is 0 Å². The number of rotatable bonds is 44. The largest absolute Gasteiger partial charge is 0.462 e. The van der Waals surface area contributed by atoms with Crippen LogP contribution in [0.1, 0.15) is 226 Å². The van der Waals surface area contributed by atoms with E-state index in [-0.39, 0.29) is 25.2 Å². The van der Waals surface area contributed by atoms with E-state index in [2.05, 4.69) is 93.7 Å². The molecule has 0 aromatic carbocycles. The van der Waals surface area contributed by atoms with Gasteiger partial charge >= 0.3 is 11.9 Å². The molecule has 5 nitrogen and oxygen atoms in total. The van der Waals surface area contributed by atoms with Crippen molar-refractivity contribution in [1.82, 2.24) is 0 Å². The summed E-state index contributed by atoms with van der Waals surface area (Å²) in [6, 6.07) is 0. The SMILES string of the molecule is CC/C=C\C/C=C\C/C=C\C/C=C\CCCOCC(COC(=O)CCCCCCC/C=C\CCCCCCCC)OC(=O)CCCCCCC/C=C\CCCCCC. The lowest BCUT2D eigenvalue weighted by atomic mass is 10.1. The average Bonchev–Trinajstić information content (AvgIpc) is 3.22. The Morgan fingerprint density at radius 1 is 0.397 bits per heavy atom. The summed E-state index contributed by atoms with van der Waals surface area (Å²) < 4.78 is 17.3. The molecule has 0 bridgehead atoms. The van der Waals surface area contributed by atoms with Crippen LogP contribution in [-0.2, 0) is 23.8 Å². The van der Waals surface area contributed by atoms with Crippen LogP contribution in [0.25, 0.3) is 0 Å². The van der Waals surface area contributed by atoms with Gasteiger partial charge < -0.3 is 14.2 Å². The standard InChI is InChI=1S/C53H92O5/c1-4-7-10-13-16-19-22-25-27-29-31-34-37-40-43-46-52(54)57-50-51(49-56-48-45-42-39-36-33-30-26-23-20-17-14-11-8-5-2)58-53(55)47-44-41-38-35-32-28-24-21-18-15-12-9-6-3/h8,11,17,20-21,24-27,30,36,39,51H,4-7,9-10,12-16,18-19,22-23,28-29,31-35,37-38,40-50H2,1-3H3/b11-8-,20-17-,24-21-,27-25-,30-26-,39-36-. The Balaban J connectivity index is 4.37. The fourth-order valence-electron chi connectivity index (χ4n) is 6.56. The molecule has 0 fully saturated rings. The monoisotopic (exact) mass is 809 g/mol. The average molecular weight is 809 g/mol. The van der Waals surface area contributed by atoms with E-state index in [0.717, 1.165) is 89.9 Å². The number of hydrogen-bond acceptors (Lipinski definition) is 5. The predicted octanol–water partition coefficient (Wildman–Crippen LogP) is 16.3. The van der Waals surface area contributed by atoms with Crippen LogP contribution in [0.15, 0.2) is 72.9 Å². The molecule has 0 N–H and O–H groups in total. The van der Waals surface area contributed by atoms with Gasteiger partial charge in [0.2, 0.25) is 0 Å². The third kappa shape index (κ3) is 46.0. The molecule has 0 heterocycles. The molecule has 0 radical (unpaired) electrons. The first-order valence-electron chi connectivity index (χ1n) is 24.5. The van der Waals surface area contributed by atoms with Crippen molar-refractivity contribution in [1.29, 1.82) is 0 Å². The highest BCUT2D eigenvalue weighted by atomic mass is 16.6. The van der Waals surface area contributed by atoms with Gasteiger partial charge in [-0.15, -0.1) is 0 Å². The normalized spacial score (nSPS) is 12.8. The molecule has 0 amide bonds. The van der Waals surface area contributed by atoms with E-state index in [1.807, 2.05) is 0 Å². The molecule has 1 unspecified atom stereocenters. The molecule has 0 spiro atoms.